The van der Waals surface area contributed by atoms with Crippen LogP contribution in [0.1, 0.15) is 24.2 Å². The van der Waals surface area contributed by atoms with Gasteiger partial charge in [0.25, 0.3) is 0 Å². The zero-order chi connectivity index (χ0) is 14.6. The van der Waals surface area contributed by atoms with Crippen molar-refractivity contribution in [3.05, 3.63) is 54.1 Å². The van der Waals surface area contributed by atoms with E-state index in [4.69, 9.17) is 0 Å². The lowest BCUT2D eigenvalue weighted by atomic mass is 10.0. The van der Waals surface area contributed by atoms with Gasteiger partial charge in [-0.1, -0.05) is 37.3 Å². The summed E-state index contributed by atoms with van der Waals surface area (Å²) in [6, 6.07) is 9.67. The van der Waals surface area contributed by atoms with Crippen LogP contribution in [0, 0.1) is 0 Å². The molecular formula is C14H19N3O2S. The maximum Gasteiger partial charge on any atom is 0.214 e. The van der Waals surface area contributed by atoms with E-state index in [1.165, 1.54) is 4.31 Å². The van der Waals surface area contributed by atoms with E-state index < -0.39 is 10.0 Å². The molecule has 1 atom stereocenters. The van der Waals surface area contributed by atoms with E-state index in [1.54, 1.807) is 19.4 Å². The predicted molar refractivity (Wildman–Crippen MR) is 78.7 cm³/mol. The van der Waals surface area contributed by atoms with Crippen molar-refractivity contribution in [1.82, 2.24) is 14.3 Å². The monoisotopic (exact) mass is 293 g/mol. The number of hydrogen-bond acceptors (Lipinski definition) is 3. The fourth-order valence-corrected chi connectivity index (χ4v) is 3.41. The Balaban J connectivity index is 2.03. The van der Waals surface area contributed by atoms with Gasteiger partial charge in [-0.2, -0.15) is 4.31 Å². The molecule has 0 spiro atoms. The second-order valence-corrected chi connectivity index (χ2v) is 7.00. The maximum absolute atomic E-state index is 12.3. The Morgan fingerprint density at radius 1 is 1.30 bits per heavy atom. The van der Waals surface area contributed by atoms with Crippen molar-refractivity contribution in [2.45, 2.75) is 19.4 Å². The zero-order valence-electron chi connectivity index (χ0n) is 11.7. The summed E-state index contributed by atoms with van der Waals surface area (Å²) < 4.78 is 26.0. The van der Waals surface area contributed by atoms with Crippen LogP contribution in [-0.4, -0.2) is 35.5 Å². The van der Waals surface area contributed by atoms with E-state index in [1.807, 2.05) is 37.3 Å². The number of sulfonamides is 1. The summed E-state index contributed by atoms with van der Waals surface area (Å²) in [6.45, 7) is 2.18. The number of nitrogens with zero attached hydrogens (tertiary/aromatic N) is 2. The van der Waals surface area contributed by atoms with E-state index in [-0.39, 0.29) is 18.2 Å². The lowest BCUT2D eigenvalue weighted by Gasteiger charge is -2.19. The summed E-state index contributed by atoms with van der Waals surface area (Å²) in [5, 5.41) is 0. The highest BCUT2D eigenvalue weighted by atomic mass is 32.2. The third kappa shape index (κ3) is 3.68. The van der Waals surface area contributed by atoms with E-state index in [0.717, 1.165) is 5.56 Å². The number of aromatic nitrogens is 2. The topological polar surface area (TPSA) is 66.1 Å². The summed E-state index contributed by atoms with van der Waals surface area (Å²) >= 11 is 0. The van der Waals surface area contributed by atoms with Crippen molar-refractivity contribution in [2.75, 3.05) is 12.8 Å². The number of rotatable bonds is 6. The fourth-order valence-electron chi connectivity index (χ4n) is 2.01. The van der Waals surface area contributed by atoms with Crippen LogP contribution in [0.2, 0.25) is 0 Å². The van der Waals surface area contributed by atoms with Crippen molar-refractivity contribution in [1.29, 1.82) is 0 Å². The van der Waals surface area contributed by atoms with Crippen molar-refractivity contribution >= 4 is 10.0 Å². The van der Waals surface area contributed by atoms with Crippen LogP contribution >= 0.6 is 0 Å². The minimum Gasteiger partial charge on any atom is -0.347 e. The number of nitrogens with one attached hydrogen (secondary N) is 1. The second kappa shape index (κ2) is 6.19. The molecule has 0 radical (unpaired) electrons. The SMILES string of the molecule is CC(CS(=O)(=O)N(C)Cc1ncc[nH]1)c1ccccc1. The van der Waals surface area contributed by atoms with Crippen LogP contribution < -0.4 is 0 Å². The number of imidazole rings is 1. The summed E-state index contributed by atoms with van der Waals surface area (Å²) in [5.41, 5.74) is 1.03. The molecule has 0 saturated carbocycles. The molecule has 1 aromatic heterocycles. The van der Waals surface area contributed by atoms with Crippen LogP contribution in [0.15, 0.2) is 42.7 Å². The van der Waals surface area contributed by atoms with E-state index in [2.05, 4.69) is 9.97 Å². The van der Waals surface area contributed by atoms with E-state index in [9.17, 15) is 8.42 Å². The number of benzene rings is 1. The Bertz CT molecular complexity index is 624. The molecule has 0 aliphatic rings. The molecule has 6 heteroatoms. The summed E-state index contributed by atoms with van der Waals surface area (Å²) in [4.78, 5) is 6.95. The molecule has 1 heterocycles. The standard InChI is InChI=1S/C14H19N3O2S/c1-12(13-6-4-3-5-7-13)11-20(18,19)17(2)10-14-15-8-9-16-14/h3-9,12H,10-11H2,1-2H3,(H,15,16). The molecule has 0 amide bonds. The van der Waals surface area contributed by atoms with Gasteiger partial charge in [0.05, 0.1) is 12.3 Å². The highest BCUT2D eigenvalue weighted by molar-refractivity contribution is 7.89. The molecule has 0 fully saturated rings. The van der Waals surface area contributed by atoms with Gasteiger partial charge in [0.15, 0.2) is 0 Å². The van der Waals surface area contributed by atoms with Crippen LogP contribution in [0.4, 0.5) is 0 Å². The molecule has 0 aliphatic carbocycles. The number of aromatic amines is 1. The molecule has 0 aliphatic heterocycles. The average Bonchev–Trinajstić information content (AvgIpc) is 2.92. The van der Waals surface area contributed by atoms with E-state index in [0.29, 0.717) is 5.82 Å². The highest BCUT2D eigenvalue weighted by Gasteiger charge is 2.22. The van der Waals surface area contributed by atoms with Crippen LogP contribution in [0.25, 0.3) is 0 Å². The van der Waals surface area contributed by atoms with Gasteiger partial charge in [0, 0.05) is 19.4 Å². The first kappa shape index (κ1) is 14.7. The molecule has 1 N–H and O–H groups in total. The maximum atomic E-state index is 12.3. The third-order valence-corrected chi connectivity index (χ3v) is 5.23. The van der Waals surface area contributed by atoms with Crippen molar-refractivity contribution in [3.63, 3.8) is 0 Å². The third-order valence-electron chi connectivity index (χ3n) is 3.23. The van der Waals surface area contributed by atoms with Gasteiger partial charge < -0.3 is 4.98 Å². The van der Waals surface area contributed by atoms with Gasteiger partial charge >= 0.3 is 0 Å². The fraction of sp³-hybridized carbons (Fsp3) is 0.357. The average molecular weight is 293 g/mol. The molecule has 5 nitrogen and oxygen atoms in total. The first-order valence-corrected chi connectivity index (χ1v) is 8.07. The first-order valence-electron chi connectivity index (χ1n) is 6.46. The smallest absolute Gasteiger partial charge is 0.214 e. The van der Waals surface area contributed by atoms with Gasteiger partial charge in [-0.15, -0.1) is 0 Å². The molecule has 0 saturated heterocycles. The quantitative estimate of drug-likeness (QED) is 0.885. The minimum absolute atomic E-state index is 0.0414. The molecule has 20 heavy (non-hydrogen) atoms. The van der Waals surface area contributed by atoms with Gasteiger partial charge in [-0.05, 0) is 11.5 Å². The first-order chi connectivity index (χ1) is 9.49. The molecule has 2 rings (SSSR count). The lowest BCUT2D eigenvalue weighted by Crippen LogP contribution is -2.31. The Kier molecular flexibility index (Phi) is 4.57. The van der Waals surface area contributed by atoms with Crippen LogP contribution in [0.5, 0.6) is 0 Å². The molecule has 1 aromatic carbocycles. The van der Waals surface area contributed by atoms with Crippen LogP contribution in [-0.2, 0) is 16.6 Å². The Hall–Kier alpha value is -1.66. The molecular weight excluding hydrogens is 274 g/mol. The van der Waals surface area contributed by atoms with Gasteiger partial charge in [-0.3, -0.25) is 0 Å². The number of hydrogen-bond donors (Lipinski definition) is 1. The van der Waals surface area contributed by atoms with Gasteiger partial charge in [0.2, 0.25) is 10.0 Å². The normalized spacial score (nSPS) is 13.6. The highest BCUT2D eigenvalue weighted by Crippen LogP contribution is 2.18. The minimum atomic E-state index is -3.31. The zero-order valence-corrected chi connectivity index (χ0v) is 12.5. The largest absolute Gasteiger partial charge is 0.347 e. The predicted octanol–water partition coefficient (Wildman–Crippen LogP) is 1.97. The van der Waals surface area contributed by atoms with Crippen molar-refractivity contribution < 1.29 is 8.42 Å². The summed E-state index contributed by atoms with van der Waals surface area (Å²) in [7, 11) is -1.73. The van der Waals surface area contributed by atoms with Crippen molar-refractivity contribution in [3.8, 4) is 0 Å². The van der Waals surface area contributed by atoms with Gasteiger partial charge in [0.1, 0.15) is 5.82 Å². The number of H-pyrrole nitrogens is 1. The van der Waals surface area contributed by atoms with Crippen molar-refractivity contribution in [2.24, 2.45) is 0 Å². The van der Waals surface area contributed by atoms with Crippen LogP contribution in [0.3, 0.4) is 0 Å². The Morgan fingerprint density at radius 3 is 2.60 bits per heavy atom. The Morgan fingerprint density at radius 2 is 2.00 bits per heavy atom. The molecule has 108 valence electrons. The molecule has 2 aromatic rings. The lowest BCUT2D eigenvalue weighted by molar-refractivity contribution is 0.455. The summed E-state index contributed by atoms with van der Waals surface area (Å²) in [6.07, 6.45) is 3.30. The van der Waals surface area contributed by atoms with E-state index >= 15 is 0 Å². The molecule has 1 unspecified atom stereocenters. The van der Waals surface area contributed by atoms with Gasteiger partial charge in [-0.25, -0.2) is 13.4 Å². The Labute approximate surface area is 119 Å². The molecule has 0 bridgehead atoms. The summed E-state index contributed by atoms with van der Waals surface area (Å²) in [5.74, 6) is 0.692. The second-order valence-electron chi connectivity index (χ2n) is 4.88.